The first-order valence-corrected chi connectivity index (χ1v) is 12.4. The van der Waals surface area contributed by atoms with Gasteiger partial charge in [0.25, 0.3) is 0 Å². The second-order valence-corrected chi connectivity index (χ2v) is 9.83. The number of pyridine rings is 2. The van der Waals surface area contributed by atoms with Gasteiger partial charge in [0.15, 0.2) is 0 Å². The van der Waals surface area contributed by atoms with Gasteiger partial charge in [-0.2, -0.15) is 0 Å². The molecule has 11 heteroatoms. The minimum atomic E-state index is -2.70. The average molecular weight is 539 g/mol. The van der Waals surface area contributed by atoms with E-state index in [0.717, 1.165) is 17.2 Å². The molecule has 1 aromatic carbocycles. The van der Waals surface area contributed by atoms with Crippen LogP contribution in [0.1, 0.15) is 25.7 Å². The van der Waals surface area contributed by atoms with Crippen LogP contribution in [0.4, 0.5) is 20.4 Å². The van der Waals surface area contributed by atoms with Crippen LogP contribution in [0.3, 0.4) is 0 Å². The molecule has 5 rings (SSSR count). The summed E-state index contributed by atoms with van der Waals surface area (Å²) in [5, 5.41) is 8.64. The van der Waals surface area contributed by atoms with E-state index >= 15 is 0 Å². The highest BCUT2D eigenvalue weighted by atomic mass is 35.5. The summed E-state index contributed by atoms with van der Waals surface area (Å²) in [6.07, 6.45) is 2.51. The molecule has 0 bridgehead atoms. The second-order valence-electron chi connectivity index (χ2n) is 9.08. The lowest BCUT2D eigenvalue weighted by atomic mass is 10.1. The number of benzene rings is 1. The van der Waals surface area contributed by atoms with E-state index in [9.17, 15) is 8.78 Å². The van der Waals surface area contributed by atoms with Gasteiger partial charge in [-0.15, -0.1) is 0 Å². The summed E-state index contributed by atoms with van der Waals surface area (Å²) < 4.78 is 44.2. The Morgan fingerprint density at radius 2 is 1.78 bits per heavy atom. The highest BCUT2D eigenvalue weighted by Gasteiger charge is 2.39. The van der Waals surface area contributed by atoms with Crippen LogP contribution in [0.2, 0.25) is 10.0 Å². The van der Waals surface area contributed by atoms with Crippen LogP contribution >= 0.6 is 23.2 Å². The van der Waals surface area contributed by atoms with Gasteiger partial charge in [-0.25, -0.2) is 18.7 Å². The Bertz CT molecular complexity index is 1260. The summed E-state index contributed by atoms with van der Waals surface area (Å²) in [7, 11) is 2.99. The Hall–Kier alpha value is -2.62. The van der Waals surface area contributed by atoms with E-state index in [1.54, 1.807) is 12.3 Å². The summed E-state index contributed by atoms with van der Waals surface area (Å²) >= 11 is 13.3. The lowest BCUT2D eigenvalue weighted by Gasteiger charge is -2.19. The molecule has 1 saturated carbocycles. The van der Waals surface area contributed by atoms with E-state index in [-0.39, 0.29) is 28.9 Å². The van der Waals surface area contributed by atoms with Gasteiger partial charge in [-0.05, 0) is 25.0 Å². The minimum absolute atomic E-state index is 0.161. The highest BCUT2D eigenvalue weighted by molar-refractivity contribution is 6.41. The van der Waals surface area contributed by atoms with Crippen molar-refractivity contribution in [2.45, 2.75) is 43.7 Å². The Kier molecular flexibility index (Phi) is 6.98. The fourth-order valence-electron chi connectivity index (χ4n) is 4.70. The first kappa shape index (κ1) is 25.0. The molecule has 2 fully saturated rings. The maximum atomic E-state index is 14.0. The van der Waals surface area contributed by atoms with E-state index in [0.29, 0.717) is 54.0 Å². The Morgan fingerprint density at radius 3 is 2.39 bits per heavy atom. The summed E-state index contributed by atoms with van der Waals surface area (Å²) in [5.74, 6) is -0.847. The molecule has 192 valence electrons. The number of nitrogens with one attached hydrogen (secondary N) is 2. The van der Waals surface area contributed by atoms with Gasteiger partial charge in [0, 0.05) is 54.1 Å². The normalized spacial score (nSPS) is 21.1. The molecule has 7 nitrogen and oxygen atoms in total. The molecular formula is C25H26Cl2F2N4O3. The predicted molar refractivity (Wildman–Crippen MR) is 137 cm³/mol. The topological polar surface area (TPSA) is 77.5 Å². The Morgan fingerprint density at radius 1 is 1.03 bits per heavy atom. The molecule has 1 aliphatic heterocycles. The van der Waals surface area contributed by atoms with Crippen molar-refractivity contribution >= 4 is 45.6 Å². The van der Waals surface area contributed by atoms with Gasteiger partial charge in [-0.3, -0.25) is 0 Å². The van der Waals surface area contributed by atoms with Crippen LogP contribution in [0.5, 0.6) is 11.5 Å². The predicted octanol–water partition coefficient (Wildman–Crippen LogP) is 6.42. The number of aromatic nitrogens is 2. The third-order valence-electron chi connectivity index (χ3n) is 6.57. The van der Waals surface area contributed by atoms with Crippen molar-refractivity contribution in [1.29, 1.82) is 0 Å². The second kappa shape index (κ2) is 10.0. The third-order valence-corrected chi connectivity index (χ3v) is 7.32. The Labute approximate surface area is 217 Å². The number of rotatable bonds is 7. The van der Waals surface area contributed by atoms with Gasteiger partial charge >= 0.3 is 0 Å². The highest BCUT2D eigenvalue weighted by Crippen LogP contribution is 2.46. The maximum absolute atomic E-state index is 14.0. The first-order valence-electron chi connectivity index (χ1n) is 11.7. The summed E-state index contributed by atoms with van der Waals surface area (Å²) in [6, 6.07) is 5.01. The van der Waals surface area contributed by atoms with E-state index in [1.165, 1.54) is 14.2 Å². The number of methoxy groups -OCH3 is 2. The van der Waals surface area contributed by atoms with Crippen LogP contribution in [0, 0.1) is 0 Å². The molecule has 2 aromatic heterocycles. The van der Waals surface area contributed by atoms with Crippen LogP contribution in [0.25, 0.3) is 22.0 Å². The molecule has 2 N–H and O–H groups in total. The van der Waals surface area contributed by atoms with Gasteiger partial charge in [0.05, 0.1) is 42.6 Å². The molecule has 1 saturated heterocycles. The zero-order valence-electron chi connectivity index (χ0n) is 19.8. The van der Waals surface area contributed by atoms with Gasteiger partial charge < -0.3 is 24.8 Å². The molecule has 2 atom stereocenters. The van der Waals surface area contributed by atoms with Crippen molar-refractivity contribution < 1.29 is 23.0 Å². The van der Waals surface area contributed by atoms with Gasteiger partial charge in [0.2, 0.25) is 5.92 Å². The van der Waals surface area contributed by atoms with Crippen molar-refractivity contribution in [2.75, 3.05) is 38.1 Å². The number of alkyl halides is 2. The first-order chi connectivity index (χ1) is 17.3. The largest absolute Gasteiger partial charge is 0.495 e. The number of halogens is 4. The van der Waals surface area contributed by atoms with Gasteiger partial charge in [0.1, 0.15) is 23.1 Å². The van der Waals surface area contributed by atoms with Gasteiger partial charge in [-0.1, -0.05) is 23.2 Å². The zero-order chi connectivity index (χ0) is 25.4. The molecular weight excluding hydrogens is 513 g/mol. The van der Waals surface area contributed by atoms with E-state index in [1.807, 2.05) is 12.1 Å². The van der Waals surface area contributed by atoms with Crippen molar-refractivity contribution in [1.82, 2.24) is 9.97 Å². The zero-order valence-corrected chi connectivity index (χ0v) is 21.3. The maximum Gasteiger partial charge on any atom is 0.250 e. The molecule has 36 heavy (non-hydrogen) atoms. The molecule has 0 spiro atoms. The molecule has 1 aliphatic carbocycles. The van der Waals surface area contributed by atoms with Crippen LogP contribution in [-0.4, -0.2) is 55.4 Å². The minimum Gasteiger partial charge on any atom is -0.495 e. The molecule has 0 radical (unpaired) electrons. The van der Waals surface area contributed by atoms with E-state index in [2.05, 4.69) is 15.6 Å². The van der Waals surface area contributed by atoms with Crippen molar-refractivity contribution in [3.63, 3.8) is 0 Å². The number of ether oxygens (including phenoxy) is 3. The summed E-state index contributed by atoms with van der Waals surface area (Å²) in [6.45, 7) is 1.30. The molecule has 2 aliphatic rings. The number of nitrogens with zero attached hydrogens (tertiary/aromatic N) is 2. The lowest BCUT2D eigenvalue weighted by Crippen LogP contribution is -2.21. The van der Waals surface area contributed by atoms with Crippen molar-refractivity contribution in [2.24, 2.45) is 0 Å². The van der Waals surface area contributed by atoms with Crippen molar-refractivity contribution in [3.8, 4) is 22.8 Å². The van der Waals surface area contributed by atoms with Crippen LogP contribution in [0.15, 0.2) is 24.4 Å². The molecule has 2 unspecified atom stereocenters. The fourth-order valence-corrected chi connectivity index (χ4v) is 5.39. The van der Waals surface area contributed by atoms with E-state index in [4.69, 9.17) is 42.4 Å². The van der Waals surface area contributed by atoms with Crippen LogP contribution in [-0.2, 0) is 4.74 Å². The standard InChI is InChI=1S/C25H26Cl2F2N4O3/c1-34-18-9-19(35-2)23(27)21(22(18)26)17-7-13-11-30-20(31-15-4-6-36-12-15)8-16(13)24(33-17)32-14-3-5-25(28,29)10-14/h7-9,11,14-15H,3-6,10,12H2,1-2H3,(H,30,31)(H,32,33). The van der Waals surface area contributed by atoms with Crippen LogP contribution < -0.4 is 20.1 Å². The lowest BCUT2D eigenvalue weighted by molar-refractivity contribution is 0.00852. The quantitative estimate of drug-likeness (QED) is 0.359. The van der Waals surface area contributed by atoms with Crippen molar-refractivity contribution in [3.05, 3.63) is 34.4 Å². The number of hydrogen-bond acceptors (Lipinski definition) is 7. The van der Waals surface area contributed by atoms with E-state index < -0.39 is 12.0 Å². The smallest absolute Gasteiger partial charge is 0.250 e. The monoisotopic (exact) mass is 538 g/mol. The fraction of sp³-hybridized carbons (Fsp3) is 0.440. The number of anilines is 2. The third kappa shape index (κ3) is 4.96. The molecule has 3 heterocycles. The average Bonchev–Trinajstić information content (AvgIpc) is 3.48. The summed E-state index contributed by atoms with van der Waals surface area (Å²) in [5.41, 5.74) is 0.857. The molecule has 3 aromatic rings. The SMILES string of the molecule is COc1cc(OC)c(Cl)c(-c2cc3cnc(NC4CCOC4)cc3c(NC3CCC(F)(F)C3)n2)c1Cl. The number of fused-ring (bicyclic) bond motifs is 1. The molecule has 0 amide bonds. The Balaban J connectivity index is 1.63. The number of hydrogen-bond donors (Lipinski definition) is 2. The summed E-state index contributed by atoms with van der Waals surface area (Å²) in [4.78, 5) is 9.37.